The van der Waals surface area contributed by atoms with E-state index in [0.29, 0.717) is 12.8 Å². The molecule has 0 bridgehead atoms. The first kappa shape index (κ1) is 20.3. The fraction of sp³-hybridized carbons (Fsp3) is 0.333. The lowest BCUT2D eigenvalue weighted by molar-refractivity contribution is -0.162. The molecule has 1 amide bonds. The Morgan fingerprint density at radius 1 is 1.03 bits per heavy atom. The lowest BCUT2D eigenvalue weighted by atomic mass is 9.97. The smallest absolute Gasteiger partial charge is 0.328 e. The summed E-state index contributed by atoms with van der Waals surface area (Å²) in [6, 6.07) is 18.8. The van der Waals surface area contributed by atoms with E-state index in [2.05, 4.69) is 17.0 Å². The predicted molar refractivity (Wildman–Crippen MR) is 113 cm³/mol. The first-order valence-electron chi connectivity index (χ1n) is 10.3. The van der Waals surface area contributed by atoms with Gasteiger partial charge >= 0.3 is 5.97 Å². The number of likely N-dealkylation sites (tertiary alicyclic amines) is 1. The standard InChI is InChI=1S/C24H26N2O4/c27-22(12-11-19-7-3-1-4-8-19)26-21(23(28)29)18-30-24(26)13-15-25(16-14-24)17-20-9-5-2-6-10-20/h1-12,21H,13-18H2,(H,28,29)/b12-11-. The van der Waals surface area contributed by atoms with Gasteiger partial charge in [-0.05, 0) is 17.2 Å². The van der Waals surface area contributed by atoms with Gasteiger partial charge in [-0.25, -0.2) is 4.79 Å². The summed E-state index contributed by atoms with van der Waals surface area (Å²) in [5.41, 5.74) is 1.28. The zero-order valence-corrected chi connectivity index (χ0v) is 16.8. The van der Waals surface area contributed by atoms with Crippen molar-refractivity contribution in [3.8, 4) is 0 Å². The molecule has 0 aromatic heterocycles. The SMILES string of the molecule is O=C(O)C1COC2(CCN(Cc3ccccc3)CC2)N1C(=O)/C=C\c1ccccc1. The van der Waals surface area contributed by atoms with Gasteiger partial charge in [-0.1, -0.05) is 60.7 Å². The molecule has 0 radical (unpaired) electrons. The molecule has 30 heavy (non-hydrogen) atoms. The summed E-state index contributed by atoms with van der Waals surface area (Å²) < 4.78 is 6.00. The van der Waals surface area contributed by atoms with Crippen LogP contribution in [0.1, 0.15) is 24.0 Å². The normalized spacial score (nSPS) is 21.3. The third kappa shape index (κ3) is 4.30. The molecule has 2 aromatic carbocycles. The highest BCUT2D eigenvalue weighted by molar-refractivity contribution is 5.95. The predicted octanol–water partition coefficient (Wildman–Crippen LogP) is 3.00. The van der Waals surface area contributed by atoms with Crippen molar-refractivity contribution in [2.45, 2.75) is 31.2 Å². The van der Waals surface area contributed by atoms with Crippen LogP contribution in [0.2, 0.25) is 0 Å². The quantitative estimate of drug-likeness (QED) is 0.773. The van der Waals surface area contributed by atoms with Gasteiger partial charge < -0.3 is 9.84 Å². The van der Waals surface area contributed by atoms with Crippen molar-refractivity contribution >= 4 is 18.0 Å². The molecule has 1 atom stereocenters. The summed E-state index contributed by atoms with van der Waals surface area (Å²) in [7, 11) is 0. The Balaban J connectivity index is 1.48. The van der Waals surface area contributed by atoms with Crippen LogP contribution in [-0.4, -0.2) is 58.2 Å². The van der Waals surface area contributed by atoms with Crippen LogP contribution in [0.25, 0.3) is 6.08 Å². The number of amides is 1. The molecule has 1 unspecified atom stereocenters. The van der Waals surface area contributed by atoms with E-state index >= 15 is 0 Å². The summed E-state index contributed by atoms with van der Waals surface area (Å²) >= 11 is 0. The van der Waals surface area contributed by atoms with E-state index in [1.54, 1.807) is 6.08 Å². The maximum Gasteiger partial charge on any atom is 0.328 e. The molecule has 1 spiro atoms. The van der Waals surface area contributed by atoms with Gasteiger partial charge in [-0.15, -0.1) is 0 Å². The van der Waals surface area contributed by atoms with Crippen LogP contribution in [0.5, 0.6) is 0 Å². The third-order valence-electron chi connectivity index (χ3n) is 5.89. The van der Waals surface area contributed by atoms with Crippen molar-refractivity contribution in [3.05, 3.63) is 77.9 Å². The van der Waals surface area contributed by atoms with Crippen LogP contribution >= 0.6 is 0 Å². The molecule has 156 valence electrons. The minimum absolute atomic E-state index is 0.0267. The second kappa shape index (κ2) is 8.81. The first-order chi connectivity index (χ1) is 14.6. The summed E-state index contributed by atoms with van der Waals surface area (Å²) in [5.74, 6) is -1.35. The first-order valence-corrected chi connectivity index (χ1v) is 10.3. The molecule has 0 saturated carbocycles. The van der Waals surface area contributed by atoms with Gasteiger partial charge in [-0.2, -0.15) is 0 Å². The highest BCUT2D eigenvalue weighted by atomic mass is 16.5. The van der Waals surface area contributed by atoms with Crippen LogP contribution < -0.4 is 0 Å². The zero-order chi connectivity index (χ0) is 21.0. The lowest BCUT2D eigenvalue weighted by Crippen LogP contribution is -2.57. The molecule has 6 heteroatoms. The summed E-state index contributed by atoms with van der Waals surface area (Å²) in [4.78, 5) is 28.6. The maximum absolute atomic E-state index is 13.1. The number of ether oxygens (including phenoxy) is 1. The third-order valence-corrected chi connectivity index (χ3v) is 5.89. The Hall–Kier alpha value is -2.96. The monoisotopic (exact) mass is 406 g/mol. The van der Waals surface area contributed by atoms with E-state index in [1.165, 1.54) is 16.5 Å². The van der Waals surface area contributed by atoms with E-state index in [0.717, 1.165) is 25.2 Å². The Labute approximate surface area is 176 Å². The molecule has 2 saturated heterocycles. The van der Waals surface area contributed by atoms with E-state index in [9.17, 15) is 14.7 Å². The molecular weight excluding hydrogens is 380 g/mol. The number of carboxylic acids is 1. The number of carboxylic acid groups (broad SMARTS) is 1. The summed E-state index contributed by atoms with van der Waals surface area (Å²) in [6.07, 6.45) is 4.36. The summed E-state index contributed by atoms with van der Waals surface area (Å²) in [5, 5.41) is 9.67. The number of carbonyl (C=O) groups is 2. The molecule has 2 heterocycles. The second-order valence-corrected chi connectivity index (χ2v) is 7.83. The summed E-state index contributed by atoms with van der Waals surface area (Å²) in [6.45, 7) is 2.35. The molecule has 6 nitrogen and oxygen atoms in total. The second-order valence-electron chi connectivity index (χ2n) is 7.83. The number of hydrogen-bond acceptors (Lipinski definition) is 4. The van der Waals surface area contributed by atoms with Crippen molar-refractivity contribution < 1.29 is 19.4 Å². The largest absolute Gasteiger partial charge is 0.480 e. The molecule has 2 fully saturated rings. The highest BCUT2D eigenvalue weighted by Crippen LogP contribution is 2.38. The maximum atomic E-state index is 13.1. The van der Waals surface area contributed by atoms with E-state index in [4.69, 9.17) is 4.74 Å². The number of aliphatic carboxylic acids is 1. The van der Waals surface area contributed by atoms with Crippen molar-refractivity contribution in [1.29, 1.82) is 0 Å². The average Bonchev–Trinajstić information content (AvgIpc) is 3.14. The van der Waals surface area contributed by atoms with Crippen molar-refractivity contribution in [3.63, 3.8) is 0 Å². The molecule has 2 aliphatic heterocycles. The minimum Gasteiger partial charge on any atom is -0.480 e. The highest BCUT2D eigenvalue weighted by Gasteiger charge is 2.53. The average molecular weight is 406 g/mol. The van der Waals surface area contributed by atoms with Gasteiger partial charge in [0.1, 0.15) is 5.72 Å². The topological polar surface area (TPSA) is 70.1 Å². The van der Waals surface area contributed by atoms with Gasteiger partial charge in [0.25, 0.3) is 0 Å². The van der Waals surface area contributed by atoms with Crippen molar-refractivity contribution in [2.75, 3.05) is 19.7 Å². The van der Waals surface area contributed by atoms with Gasteiger partial charge in [0, 0.05) is 38.6 Å². The van der Waals surface area contributed by atoms with Gasteiger partial charge in [0.05, 0.1) is 6.61 Å². The number of carbonyl (C=O) groups excluding carboxylic acids is 1. The molecular formula is C24H26N2O4. The van der Waals surface area contributed by atoms with Gasteiger partial charge in [-0.3, -0.25) is 14.6 Å². The Morgan fingerprint density at radius 2 is 1.67 bits per heavy atom. The number of piperidine rings is 1. The van der Waals surface area contributed by atoms with Crippen molar-refractivity contribution in [2.24, 2.45) is 0 Å². The molecule has 1 N–H and O–H groups in total. The Morgan fingerprint density at radius 3 is 2.30 bits per heavy atom. The molecule has 2 aliphatic rings. The zero-order valence-electron chi connectivity index (χ0n) is 16.8. The van der Waals surface area contributed by atoms with E-state index in [1.807, 2.05) is 48.5 Å². The number of rotatable bonds is 5. The Kier molecular flexibility index (Phi) is 5.97. The minimum atomic E-state index is -1.03. The molecule has 4 rings (SSSR count). The molecule has 0 aliphatic carbocycles. The lowest BCUT2D eigenvalue weighted by Gasteiger charge is -2.44. The van der Waals surface area contributed by atoms with E-state index < -0.39 is 17.7 Å². The van der Waals surface area contributed by atoms with Crippen LogP contribution in [-0.2, 0) is 20.9 Å². The van der Waals surface area contributed by atoms with Crippen LogP contribution in [0.3, 0.4) is 0 Å². The fourth-order valence-corrected chi connectivity index (χ4v) is 4.30. The van der Waals surface area contributed by atoms with Crippen molar-refractivity contribution in [1.82, 2.24) is 9.80 Å². The number of hydrogen-bond donors (Lipinski definition) is 1. The fourth-order valence-electron chi connectivity index (χ4n) is 4.30. The van der Waals surface area contributed by atoms with Gasteiger partial charge in [0.15, 0.2) is 6.04 Å². The van der Waals surface area contributed by atoms with Crippen LogP contribution in [0.4, 0.5) is 0 Å². The molecule has 2 aromatic rings. The van der Waals surface area contributed by atoms with Gasteiger partial charge in [0.2, 0.25) is 5.91 Å². The van der Waals surface area contributed by atoms with Crippen LogP contribution in [0.15, 0.2) is 66.7 Å². The van der Waals surface area contributed by atoms with Crippen LogP contribution in [0, 0.1) is 0 Å². The number of benzene rings is 2. The Bertz CT molecular complexity index is 905. The van der Waals surface area contributed by atoms with E-state index in [-0.39, 0.29) is 12.5 Å². The number of nitrogens with zero attached hydrogens (tertiary/aromatic N) is 2.